The van der Waals surface area contributed by atoms with Gasteiger partial charge in [0.25, 0.3) is 0 Å². The molecule has 0 saturated heterocycles. The van der Waals surface area contributed by atoms with Crippen LogP contribution in [-0.2, 0) is 0 Å². The van der Waals surface area contributed by atoms with Crippen molar-refractivity contribution in [3.8, 4) is 5.75 Å². The summed E-state index contributed by atoms with van der Waals surface area (Å²) in [5, 5.41) is 0. The van der Waals surface area contributed by atoms with Gasteiger partial charge >= 0.3 is 0 Å². The van der Waals surface area contributed by atoms with Gasteiger partial charge in [0.05, 0.1) is 6.61 Å². The fraction of sp³-hybridized carbons (Fsp3) is 0.467. The maximum atomic E-state index is 13.2. The van der Waals surface area contributed by atoms with E-state index in [0.717, 1.165) is 31.2 Å². The number of ether oxygens (including phenoxy) is 1. The predicted octanol–water partition coefficient (Wildman–Crippen LogP) is 3.97. The summed E-state index contributed by atoms with van der Waals surface area (Å²) in [7, 11) is 0. The molecule has 1 aromatic carbocycles. The first-order valence-electron chi connectivity index (χ1n) is 6.44. The number of hydrogen-bond acceptors (Lipinski definition) is 2. The second-order valence-corrected chi connectivity index (χ2v) is 4.46. The molecule has 0 saturated carbocycles. The molecule has 0 aliphatic heterocycles. The molecule has 0 fully saturated rings. The van der Waals surface area contributed by atoms with Crippen LogP contribution >= 0.6 is 0 Å². The van der Waals surface area contributed by atoms with Crippen LogP contribution in [0.1, 0.15) is 44.2 Å². The van der Waals surface area contributed by atoms with Gasteiger partial charge in [0, 0.05) is 17.7 Å². The first-order chi connectivity index (χ1) is 8.65. The first-order valence-corrected chi connectivity index (χ1v) is 6.44. The predicted molar refractivity (Wildman–Crippen MR) is 73.2 cm³/mol. The van der Waals surface area contributed by atoms with E-state index in [4.69, 9.17) is 10.5 Å². The maximum Gasteiger partial charge on any atom is 0.126 e. The van der Waals surface area contributed by atoms with Crippen molar-refractivity contribution in [2.24, 2.45) is 5.73 Å². The van der Waals surface area contributed by atoms with Gasteiger partial charge in [-0.1, -0.05) is 12.1 Å². The Hall–Kier alpha value is -1.35. The standard InChI is InChI=1S/C15H22FNO/c1-3-4-5-6-7-10-18-15-11-13(16)8-9-14(15)12(2)17/h3,8-9,11-12H,1,4-7,10,17H2,2H3/t12-/m1/s1. The number of nitrogens with two attached hydrogens (primary N) is 1. The van der Waals surface area contributed by atoms with Gasteiger partial charge in [-0.25, -0.2) is 4.39 Å². The molecular weight excluding hydrogens is 229 g/mol. The highest BCUT2D eigenvalue weighted by molar-refractivity contribution is 5.36. The van der Waals surface area contributed by atoms with Gasteiger partial charge in [-0.05, 0) is 38.7 Å². The first kappa shape index (κ1) is 14.7. The molecule has 18 heavy (non-hydrogen) atoms. The summed E-state index contributed by atoms with van der Waals surface area (Å²) >= 11 is 0. The molecule has 1 aromatic rings. The summed E-state index contributed by atoms with van der Waals surface area (Å²) in [6.07, 6.45) is 6.13. The Bertz CT molecular complexity index is 377. The normalized spacial score (nSPS) is 12.2. The van der Waals surface area contributed by atoms with Crippen LogP contribution in [0.5, 0.6) is 5.75 Å². The van der Waals surface area contributed by atoms with E-state index in [-0.39, 0.29) is 11.9 Å². The van der Waals surface area contributed by atoms with Gasteiger partial charge in [-0.2, -0.15) is 0 Å². The van der Waals surface area contributed by atoms with E-state index in [1.165, 1.54) is 12.1 Å². The molecule has 0 unspecified atom stereocenters. The SMILES string of the molecule is C=CCCCCCOc1cc(F)ccc1[C@@H](C)N. The zero-order chi connectivity index (χ0) is 13.4. The fourth-order valence-corrected chi connectivity index (χ4v) is 1.76. The molecule has 0 aliphatic rings. The highest BCUT2D eigenvalue weighted by Gasteiger charge is 2.09. The molecule has 2 nitrogen and oxygen atoms in total. The van der Waals surface area contributed by atoms with Crippen molar-refractivity contribution in [3.63, 3.8) is 0 Å². The van der Waals surface area contributed by atoms with E-state index in [1.54, 1.807) is 6.07 Å². The Morgan fingerprint density at radius 2 is 2.17 bits per heavy atom. The maximum absolute atomic E-state index is 13.2. The Balaban J connectivity index is 2.45. The second kappa shape index (κ2) is 7.88. The van der Waals surface area contributed by atoms with E-state index in [2.05, 4.69) is 6.58 Å². The third-order valence-corrected chi connectivity index (χ3v) is 2.78. The smallest absolute Gasteiger partial charge is 0.126 e. The Kier molecular flexibility index (Phi) is 6.44. The third kappa shape index (κ3) is 4.88. The van der Waals surface area contributed by atoms with Crippen molar-refractivity contribution in [2.45, 2.75) is 38.6 Å². The highest BCUT2D eigenvalue weighted by Crippen LogP contribution is 2.25. The van der Waals surface area contributed by atoms with Crippen LogP contribution in [0, 0.1) is 5.82 Å². The van der Waals surface area contributed by atoms with E-state index in [0.29, 0.717) is 12.4 Å². The lowest BCUT2D eigenvalue weighted by Crippen LogP contribution is -2.09. The van der Waals surface area contributed by atoms with E-state index < -0.39 is 0 Å². The topological polar surface area (TPSA) is 35.2 Å². The third-order valence-electron chi connectivity index (χ3n) is 2.78. The molecule has 0 bridgehead atoms. The zero-order valence-corrected chi connectivity index (χ0v) is 11.0. The summed E-state index contributed by atoms with van der Waals surface area (Å²) in [6.45, 7) is 6.14. The number of benzene rings is 1. The average molecular weight is 251 g/mol. The lowest BCUT2D eigenvalue weighted by atomic mass is 10.1. The molecule has 3 heteroatoms. The molecule has 100 valence electrons. The van der Waals surface area contributed by atoms with Crippen molar-refractivity contribution in [1.29, 1.82) is 0 Å². The van der Waals surface area contributed by atoms with Crippen LogP contribution in [0.15, 0.2) is 30.9 Å². The van der Waals surface area contributed by atoms with Crippen molar-refractivity contribution in [3.05, 3.63) is 42.2 Å². The van der Waals surface area contributed by atoms with Gasteiger partial charge < -0.3 is 10.5 Å². The Morgan fingerprint density at radius 1 is 1.39 bits per heavy atom. The van der Waals surface area contributed by atoms with Crippen molar-refractivity contribution >= 4 is 0 Å². The summed E-state index contributed by atoms with van der Waals surface area (Å²) in [4.78, 5) is 0. The highest BCUT2D eigenvalue weighted by atomic mass is 19.1. The van der Waals surface area contributed by atoms with Crippen LogP contribution in [0.3, 0.4) is 0 Å². The molecule has 0 radical (unpaired) electrons. The Labute approximate surface area is 109 Å². The van der Waals surface area contributed by atoms with Crippen LogP contribution in [0.25, 0.3) is 0 Å². The number of halogens is 1. The largest absolute Gasteiger partial charge is 0.493 e. The summed E-state index contributed by atoms with van der Waals surface area (Å²) in [5.41, 5.74) is 6.67. The average Bonchev–Trinajstić information content (AvgIpc) is 2.33. The summed E-state index contributed by atoms with van der Waals surface area (Å²) < 4.78 is 18.8. The van der Waals surface area contributed by atoms with Crippen LogP contribution in [0.4, 0.5) is 4.39 Å². The van der Waals surface area contributed by atoms with E-state index in [1.807, 2.05) is 13.0 Å². The van der Waals surface area contributed by atoms with Crippen LogP contribution in [-0.4, -0.2) is 6.61 Å². The molecule has 0 heterocycles. The molecule has 1 atom stereocenters. The lowest BCUT2D eigenvalue weighted by molar-refractivity contribution is 0.299. The number of unbranched alkanes of at least 4 members (excludes halogenated alkanes) is 3. The second-order valence-electron chi connectivity index (χ2n) is 4.46. The minimum absolute atomic E-state index is 0.152. The number of rotatable bonds is 8. The molecule has 0 aromatic heterocycles. The van der Waals surface area contributed by atoms with Gasteiger partial charge in [0.1, 0.15) is 11.6 Å². The zero-order valence-electron chi connectivity index (χ0n) is 11.0. The fourth-order valence-electron chi connectivity index (χ4n) is 1.76. The van der Waals surface area contributed by atoms with Crippen molar-refractivity contribution in [1.82, 2.24) is 0 Å². The molecule has 1 rings (SSSR count). The van der Waals surface area contributed by atoms with E-state index >= 15 is 0 Å². The van der Waals surface area contributed by atoms with Crippen molar-refractivity contribution in [2.75, 3.05) is 6.61 Å². The lowest BCUT2D eigenvalue weighted by Gasteiger charge is -2.14. The molecule has 0 aliphatic carbocycles. The van der Waals surface area contributed by atoms with E-state index in [9.17, 15) is 4.39 Å². The van der Waals surface area contributed by atoms with Crippen LogP contribution in [0.2, 0.25) is 0 Å². The minimum atomic E-state index is -0.291. The minimum Gasteiger partial charge on any atom is -0.493 e. The number of hydrogen-bond donors (Lipinski definition) is 1. The molecule has 0 amide bonds. The Morgan fingerprint density at radius 3 is 2.83 bits per heavy atom. The van der Waals surface area contributed by atoms with Gasteiger partial charge in [0.15, 0.2) is 0 Å². The summed E-state index contributed by atoms with van der Waals surface area (Å²) in [5.74, 6) is 0.273. The molecule has 0 spiro atoms. The quantitative estimate of drug-likeness (QED) is 0.560. The molecular formula is C15H22FNO. The van der Waals surface area contributed by atoms with Crippen LogP contribution < -0.4 is 10.5 Å². The van der Waals surface area contributed by atoms with Crippen molar-refractivity contribution < 1.29 is 9.13 Å². The van der Waals surface area contributed by atoms with Gasteiger partial charge in [-0.15, -0.1) is 6.58 Å². The van der Waals surface area contributed by atoms with Gasteiger partial charge in [0.2, 0.25) is 0 Å². The number of allylic oxidation sites excluding steroid dienone is 1. The molecule has 2 N–H and O–H groups in total. The monoisotopic (exact) mass is 251 g/mol. The summed E-state index contributed by atoms with van der Waals surface area (Å²) in [6, 6.07) is 4.35. The van der Waals surface area contributed by atoms with Gasteiger partial charge in [-0.3, -0.25) is 0 Å².